The van der Waals surface area contributed by atoms with Crippen LogP contribution in [0.25, 0.3) is 27.6 Å². The monoisotopic (exact) mass is 1270 g/mol. The Hall–Kier alpha value is -7.90. The van der Waals surface area contributed by atoms with Crippen LogP contribution in [0.2, 0.25) is 0 Å². The summed E-state index contributed by atoms with van der Waals surface area (Å²) < 4.78 is 38.0. The minimum atomic E-state index is -1.94. The van der Waals surface area contributed by atoms with Crippen molar-refractivity contribution in [2.75, 3.05) is 54.9 Å². The second-order valence-electron chi connectivity index (χ2n) is 25.0. The molecule has 9 N–H and O–H groups in total. The number of benzene rings is 2. The number of carboxylic acid groups (broad SMARTS) is 2. The van der Waals surface area contributed by atoms with Crippen LogP contribution in [0.1, 0.15) is 108 Å². The van der Waals surface area contributed by atoms with Crippen molar-refractivity contribution in [1.82, 2.24) is 29.6 Å². The van der Waals surface area contributed by atoms with Crippen LogP contribution < -0.4 is 26.0 Å². The summed E-state index contributed by atoms with van der Waals surface area (Å²) in [6.07, 6.45) is 2.71. The Morgan fingerprint density at radius 1 is 0.933 bits per heavy atom. The Kier molecular flexibility index (Phi) is 18.5. The van der Waals surface area contributed by atoms with Crippen LogP contribution in [0.15, 0.2) is 79.1 Å². The number of carbonyl (C=O) groups excluding carboxylic acids is 3. The summed E-state index contributed by atoms with van der Waals surface area (Å²) in [7, 11) is -0.300. The molecule has 474 valence electrons. The number of aliphatic hydroxyl groups is 3. The van der Waals surface area contributed by atoms with Crippen LogP contribution in [0.5, 0.6) is 5.75 Å². The standard InChI is InChI=1S/C63H71N10O15PS/c1-36-41(39-13-15-46(68-48(39)55(79)80)72-21-17-38-9-4-10-40(42(38)28-72)54(78)70-58-69-53-45(90-58)11-5-19-65-53)27-66-73(36)35-62-30-60(2)29-61(3,31-62)33-63(32-60,34-62)86-24-22-71(20-7-25-89-84)59(83)85-23-6-8-37-12-14-44(43(26-37)67-47(74)16-18-64)87-57-51(77)49(75)50(76)52(88-57)56(81)82/h4-6,8-15,19,26-27,49-52,57,75-77H,7,16-18,20-24,28-35,64H2,1-3H3,(H,67,74)(H,79,80)(H,81,82)(H,65,69,70,78)/b8-6+/t49-,50-,51+,52-,57+,60?,61?,62?,63?/m0/s1. The van der Waals surface area contributed by atoms with Crippen molar-refractivity contribution >= 4 is 82.2 Å². The molecule has 7 atom stereocenters. The second-order valence-corrected chi connectivity index (χ2v) is 26.5. The molecule has 4 saturated carbocycles. The Balaban J connectivity index is 0.739. The van der Waals surface area contributed by atoms with Gasteiger partial charge in [0.1, 0.15) is 29.9 Å². The number of nitrogens with two attached hydrogens (primary N) is 1. The van der Waals surface area contributed by atoms with Crippen molar-refractivity contribution in [3.05, 3.63) is 113 Å². The SMILES string of the molecule is Cc1c(-c2ccc(N3CCc4cccc(C(=O)Nc5nc6ncccc6s5)c4C3)nc2C(=O)O)cnn1CC12CC3(C)CC(C)(C1)CC(OCCN(CCC#P=O)C(=O)OC/C=C/c1ccc(O[C@@H]4O[C@H](C(=O)O)[C@@H](O)[C@H](O)[C@H]4O)c(NC(=O)CCN)c1)(C3)C2. The molecule has 0 radical (unpaired) electrons. The number of carboxylic acids is 2. The van der Waals surface area contributed by atoms with Crippen molar-refractivity contribution in [2.45, 2.75) is 128 Å². The average molecular weight is 1270 g/mol. The van der Waals surface area contributed by atoms with Gasteiger partial charge in [0.25, 0.3) is 5.91 Å². The summed E-state index contributed by atoms with van der Waals surface area (Å²) in [5, 5.41) is 62.2. The number of pyridine rings is 2. The third-order valence-electron chi connectivity index (χ3n) is 17.7. The third kappa shape index (κ3) is 13.6. The summed E-state index contributed by atoms with van der Waals surface area (Å²) in [4.78, 5) is 82.1. The predicted octanol–water partition coefficient (Wildman–Crippen LogP) is 7.26. The minimum absolute atomic E-state index is 0.0293. The second kappa shape index (κ2) is 26.1. The number of nitrogens with zero attached hydrogens (tertiary/aromatic N) is 7. The first-order valence-corrected chi connectivity index (χ1v) is 31.4. The molecular weight excluding hydrogens is 1200 g/mol. The molecule has 25 nitrogen and oxygen atoms in total. The maximum atomic E-state index is 13.8. The Morgan fingerprint density at radius 3 is 2.48 bits per heavy atom. The topological polar surface area (TPSA) is 354 Å². The van der Waals surface area contributed by atoms with Crippen LogP contribution in [-0.2, 0) is 47.9 Å². The van der Waals surface area contributed by atoms with E-state index in [1.165, 1.54) is 28.4 Å². The Bertz CT molecular complexity index is 3860. The van der Waals surface area contributed by atoms with Crippen LogP contribution >= 0.6 is 19.3 Å². The normalized spacial score (nSPS) is 25.8. The van der Waals surface area contributed by atoms with Gasteiger partial charge in [-0.3, -0.25) is 14.9 Å². The van der Waals surface area contributed by atoms with E-state index in [2.05, 4.69) is 40.1 Å². The summed E-state index contributed by atoms with van der Waals surface area (Å²) in [6.45, 7) is 8.51. The number of carbonyl (C=O) groups is 5. The summed E-state index contributed by atoms with van der Waals surface area (Å²) in [6, 6.07) is 17.5. The molecule has 4 aliphatic carbocycles. The molecule has 0 spiro atoms. The molecule has 4 aromatic heterocycles. The van der Waals surface area contributed by atoms with Crippen molar-refractivity contribution in [2.24, 2.45) is 22.0 Å². The average Bonchev–Trinajstić information content (AvgIpc) is 0.726. The van der Waals surface area contributed by atoms with Crippen molar-refractivity contribution in [1.29, 1.82) is 0 Å². The van der Waals surface area contributed by atoms with E-state index < -0.39 is 60.2 Å². The number of aliphatic hydroxyl groups excluding tert-OH is 3. The number of aromatic carboxylic acids is 1. The molecule has 2 aliphatic heterocycles. The van der Waals surface area contributed by atoms with Gasteiger partial charge in [0.15, 0.2) is 22.6 Å². The number of anilines is 3. The number of hydrogen-bond donors (Lipinski definition) is 8. The van der Waals surface area contributed by atoms with E-state index in [0.717, 1.165) is 60.0 Å². The molecule has 6 heterocycles. The number of hydrogen-bond acceptors (Lipinski definition) is 20. The number of rotatable bonds is 22. The number of aliphatic carboxylic acids is 1. The molecule has 12 rings (SSSR count). The number of thiazole rings is 1. The van der Waals surface area contributed by atoms with Gasteiger partial charge in [0, 0.05) is 54.6 Å². The number of nitrogens with one attached hydrogen (secondary N) is 2. The summed E-state index contributed by atoms with van der Waals surface area (Å²) >= 11 is 1.35. The fraction of sp³-hybridized carbons (Fsp3) is 0.460. The predicted molar refractivity (Wildman–Crippen MR) is 331 cm³/mol. The van der Waals surface area contributed by atoms with Crippen LogP contribution in [0.3, 0.4) is 0 Å². The van der Waals surface area contributed by atoms with Crippen molar-refractivity contribution in [3.8, 4) is 22.5 Å². The first-order chi connectivity index (χ1) is 43.1. The first-order valence-electron chi connectivity index (χ1n) is 29.7. The molecular formula is C63H71N10O15PS. The fourth-order valence-electron chi connectivity index (χ4n) is 15.1. The first kappa shape index (κ1) is 63.7. The maximum absolute atomic E-state index is 13.8. The van der Waals surface area contributed by atoms with E-state index in [9.17, 15) is 54.1 Å². The number of fused-ring (bicyclic) bond motifs is 2. The van der Waals surface area contributed by atoms with Crippen LogP contribution in [0.4, 0.5) is 21.4 Å². The molecule has 6 aliphatic rings. The van der Waals surface area contributed by atoms with E-state index in [0.29, 0.717) is 64.9 Å². The van der Waals surface area contributed by atoms with Gasteiger partial charge in [-0.15, -0.1) is 0 Å². The molecule has 3 amide bonds. The van der Waals surface area contributed by atoms with Gasteiger partial charge in [-0.05, 0) is 54.8 Å². The third-order valence-corrected chi connectivity index (χ3v) is 19.0. The van der Waals surface area contributed by atoms with Gasteiger partial charge in [-0.2, -0.15) is 10.1 Å². The Morgan fingerprint density at radius 2 is 1.73 bits per heavy atom. The Labute approximate surface area is 522 Å². The molecule has 27 heteroatoms. The molecule has 5 fully saturated rings. The summed E-state index contributed by atoms with van der Waals surface area (Å²) in [5.74, 6) is -3.13. The molecule has 2 unspecified atom stereocenters. The zero-order valence-corrected chi connectivity index (χ0v) is 51.6. The number of ether oxygens (including phenoxy) is 4. The summed E-state index contributed by atoms with van der Waals surface area (Å²) in [5.41, 5.74) is 12.8. The van der Waals surface area contributed by atoms with E-state index in [1.807, 2.05) is 46.8 Å². The van der Waals surface area contributed by atoms with Gasteiger partial charge < -0.3 is 51.0 Å². The van der Waals surface area contributed by atoms with E-state index >= 15 is 0 Å². The van der Waals surface area contributed by atoms with Gasteiger partial charge in [0.05, 0.1) is 10.9 Å². The van der Waals surface area contributed by atoms with Crippen molar-refractivity contribution < 1.29 is 73.0 Å². The number of aromatic nitrogens is 5. The van der Waals surface area contributed by atoms with Gasteiger partial charge >= 0.3 is 215 Å². The fourth-order valence-corrected chi connectivity index (χ4v) is 16.1. The molecule has 2 aromatic carbocycles. The van der Waals surface area contributed by atoms with E-state index in [1.54, 1.807) is 42.7 Å². The van der Waals surface area contributed by atoms with Crippen LogP contribution in [-0.4, -0.2) is 161 Å². The quantitative estimate of drug-likeness (QED) is 0.0310. The molecule has 1 saturated heterocycles. The van der Waals surface area contributed by atoms with E-state index in [4.69, 9.17) is 34.8 Å². The van der Waals surface area contributed by atoms with Gasteiger partial charge in [0.2, 0.25) is 12.2 Å². The van der Waals surface area contributed by atoms with Gasteiger partial charge in [-0.1, -0.05) is 23.5 Å². The van der Waals surface area contributed by atoms with Gasteiger partial charge in [-0.25, -0.2) is 19.6 Å². The molecule has 4 bridgehead atoms. The molecule has 90 heavy (non-hydrogen) atoms. The zero-order chi connectivity index (χ0) is 63.7. The zero-order valence-electron chi connectivity index (χ0n) is 49.9. The number of amides is 3. The van der Waals surface area contributed by atoms with Crippen LogP contribution in [0, 0.1) is 28.8 Å². The molecule has 6 aromatic rings. The van der Waals surface area contributed by atoms with E-state index in [-0.39, 0.29) is 92.9 Å². The van der Waals surface area contributed by atoms with Crippen molar-refractivity contribution in [3.63, 3.8) is 0 Å².